The topological polar surface area (TPSA) is 93.2 Å². The molecular weight excluding hydrogens is 348 g/mol. The molecule has 1 aromatic rings. The number of nitrogens with zero attached hydrogens (tertiary/aromatic N) is 2. The first-order chi connectivity index (χ1) is 12.0. The zero-order valence-electron chi connectivity index (χ0n) is 13.7. The fourth-order valence-corrected chi connectivity index (χ4v) is 3.81. The predicted molar refractivity (Wildman–Crippen MR) is 87.2 cm³/mol. The molecule has 25 heavy (non-hydrogen) atoms. The highest BCUT2D eigenvalue weighted by molar-refractivity contribution is 7.13. The van der Waals surface area contributed by atoms with Crippen LogP contribution >= 0.6 is 11.3 Å². The number of carbonyl (C=O) groups excluding carboxylic acids is 4. The number of carbonyl (C=O) groups is 4. The summed E-state index contributed by atoms with van der Waals surface area (Å²) in [7, 11) is 1.26. The Morgan fingerprint density at radius 3 is 2.60 bits per heavy atom. The Morgan fingerprint density at radius 2 is 2.00 bits per heavy atom. The number of ketones is 1. The van der Waals surface area contributed by atoms with E-state index in [-0.39, 0.29) is 12.6 Å². The van der Waals surface area contributed by atoms with Crippen LogP contribution in [0.4, 0.5) is 4.79 Å². The third-order valence-electron chi connectivity index (χ3n) is 4.47. The van der Waals surface area contributed by atoms with Crippen LogP contribution in [0.5, 0.6) is 0 Å². The van der Waals surface area contributed by atoms with Crippen molar-refractivity contribution in [3.63, 3.8) is 0 Å². The first-order valence-electron chi connectivity index (χ1n) is 7.93. The molecule has 9 heteroatoms. The van der Waals surface area contributed by atoms with Crippen LogP contribution in [0.25, 0.3) is 0 Å². The molecule has 8 nitrogen and oxygen atoms in total. The van der Waals surface area contributed by atoms with Crippen LogP contribution in [0.15, 0.2) is 17.5 Å². The molecule has 1 aromatic heterocycles. The maximum atomic E-state index is 12.3. The number of Topliss-reactive ketones (excluding diaryl/α,β-unsaturated/α-hetero) is 1. The van der Waals surface area contributed by atoms with Gasteiger partial charge < -0.3 is 14.4 Å². The number of likely N-dealkylation sites (tertiary alicyclic amines) is 1. The zero-order chi connectivity index (χ0) is 18.0. The summed E-state index contributed by atoms with van der Waals surface area (Å²) >= 11 is 1.23. The molecule has 1 unspecified atom stereocenters. The number of rotatable bonds is 4. The molecule has 1 atom stereocenters. The third-order valence-corrected chi connectivity index (χ3v) is 5.34. The average molecular weight is 366 g/mol. The summed E-state index contributed by atoms with van der Waals surface area (Å²) < 4.78 is 9.68. The Morgan fingerprint density at radius 1 is 1.28 bits per heavy atom. The molecule has 0 N–H and O–H groups in total. The zero-order valence-corrected chi connectivity index (χ0v) is 14.5. The standard InChI is InChI=1S/C16H18N2O6S/c1-23-15(21)11-9-24-16(22)18(11)10-4-6-17(7-5-10)14(20)13(19)12-3-2-8-25-12/h2-3,8,10-11H,4-7,9H2,1H3. The molecule has 2 fully saturated rings. The normalized spacial score (nSPS) is 21.2. The van der Waals surface area contributed by atoms with Crippen LogP contribution in [-0.2, 0) is 19.1 Å². The van der Waals surface area contributed by atoms with Crippen LogP contribution in [0.1, 0.15) is 22.5 Å². The molecule has 134 valence electrons. The fraction of sp³-hybridized carbons (Fsp3) is 0.500. The van der Waals surface area contributed by atoms with Gasteiger partial charge in [-0.3, -0.25) is 14.5 Å². The lowest BCUT2D eigenvalue weighted by atomic mass is 10.0. The second kappa shape index (κ2) is 7.22. The SMILES string of the molecule is COC(=O)C1COC(=O)N1C1CCN(C(=O)C(=O)c2cccs2)CC1. The summed E-state index contributed by atoms with van der Waals surface area (Å²) in [6.07, 6.45) is 0.410. The van der Waals surface area contributed by atoms with Gasteiger partial charge >= 0.3 is 12.1 Å². The fourth-order valence-electron chi connectivity index (χ4n) is 3.16. The number of thiophene rings is 1. The largest absolute Gasteiger partial charge is 0.467 e. The van der Waals surface area contributed by atoms with Gasteiger partial charge in [0.05, 0.1) is 12.0 Å². The van der Waals surface area contributed by atoms with Crippen molar-refractivity contribution >= 4 is 35.1 Å². The highest BCUT2D eigenvalue weighted by atomic mass is 32.1. The number of esters is 1. The number of piperidine rings is 1. The van der Waals surface area contributed by atoms with Gasteiger partial charge in [0.25, 0.3) is 11.7 Å². The number of methoxy groups -OCH3 is 1. The van der Waals surface area contributed by atoms with Crippen molar-refractivity contribution in [1.82, 2.24) is 9.80 Å². The molecule has 2 aliphatic rings. The summed E-state index contributed by atoms with van der Waals surface area (Å²) in [5.74, 6) is -1.56. The van der Waals surface area contributed by atoms with Gasteiger partial charge in [0, 0.05) is 19.1 Å². The predicted octanol–water partition coefficient (Wildman–Crippen LogP) is 0.916. The van der Waals surface area contributed by atoms with E-state index in [2.05, 4.69) is 0 Å². The molecule has 2 amide bonds. The van der Waals surface area contributed by atoms with Gasteiger partial charge in [0.15, 0.2) is 6.04 Å². The van der Waals surface area contributed by atoms with Gasteiger partial charge in [-0.1, -0.05) is 6.07 Å². The van der Waals surface area contributed by atoms with Crippen LogP contribution in [0, 0.1) is 0 Å². The lowest BCUT2D eigenvalue weighted by molar-refractivity contribution is -0.146. The Balaban J connectivity index is 1.61. The van der Waals surface area contributed by atoms with E-state index in [1.165, 1.54) is 28.2 Å². The second-order valence-electron chi connectivity index (χ2n) is 5.85. The van der Waals surface area contributed by atoms with Gasteiger partial charge in [-0.05, 0) is 24.3 Å². The number of ether oxygens (including phenoxy) is 2. The van der Waals surface area contributed by atoms with Crippen molar-refractivity contribution in [2.75, 3.05) is 26.8 Å². The van der Waals surface area contributed by atoms with Crippen LogP contribution in [-0.4, -0.2) is 72.4 Å². The molecule has 3 rings (SSSR count). The van der Waals surface area contributed by atoms with Crippen molar-refractivity contribution in [2.24, 2.45) is 0 Å². The number of cyclic esters (lactones) is 1. The van der Waals surface area contributed by atoms with E-state index in [1.54, 1.807) is 17.5 Å². The lowest BCUT2D eigenvalue weighted by Gasteiger charge is -2.36. The van der Waals surface area contributed by atoms with E-state index in [1.807, 2.05) is 0 Å². The number of hydrogen-bond donors (Lipinski definition) is 0. The molecule has 0 aliphatic carbocycles. The molecule has 0 radical (unpaired) electrons. The van der Waals surface area contributed by atoms with Crippen molar-refractivity contribution in [3.8, 4) is 0 Å². The van der Waals surface area contributed by atoms with Crippen molar-refractivity contribution in [1.29, 1.82) is 0 Å². The van der Waals surface area contributed by atoms with Gasteiger partial charge in [0.2, 0.25) is 0 Å². The van der Waals surface area contributed by atoms with Crippen molar-refractivity contribution < 1.29 is 28.7 Å². The van der Waals surface area contributed by atoms with Crippen molar-refractivity contribution in [3.05, 3.63) is 22.4 Å². The number of hydrogen-bond acceptors (Lipinski definition) is 7. The second-order valence-corrected chi connectivity index (χ2v) is 6.80. The van der Waals surface area contributed by atoms with Crippen LogP contribution < -0.4 is 0 Å². The summed E-state index contributed by atoms with van der Waals surface area (Å²) in [6.45, 7) is 0.665. The molecule has 0 saturated carbocycles. The van der Waals surface area contributed by atoms with Crippen LogP contribution in [0.2, 0.25) is 0 Å². The van der Waals surface area contributed by atoms with Gasteiger partial charge in [0.1, 0.15) is 6.61 Å². The molecule has 2 aliphatic heterocycles. The maximum absolute atomic E-state index is 12.3. The van der Waals surface area contributed by atoms with Gasteiger partial charge in [-0.25, -0.2) is 9.59 Å². The smallest absolute Gasteiger partial charge is 0.410 e. The molecule has 0 bridgehead atoms. The Labute approximate surface area is 148 Å². The van der Waals surface area contributed by atoms with E-state index < -0.39 is 29.8 Å². The van der Waals surface area contributed by atoms with E-state index in [0.29, 0.717) is 30.8 Å². The van der Waals surface area contributed by atoms with E-state index >= 15 is 0 Å². The molecule has 3 heterocycles. The van der Waals surface area contributed by atoms with E-state index in [9.17, 15) is 19.2 Å². The third kappa shape index (κ3) is 3.37. The molecular formula is C16H18N2O6S. The van der Waals surface area contributed by atoms with Gasteiger partial charge in [-0.2, -0.15) is 0 Å². The Bertz CT molecular complexity index is 681. The minimum atomic E-state index is -0.752. The summed E-state index contributed by atoms with van der Waals surface area (Å²) in [5, 5.41) is 1.75. The van der Waals surface area contributed by atoms with Crippen LogP contribution in [0.3, 0.4) is 0 Å². The van der Waals surface area contributed by atoms with E-state index in [0.717, 1.165) is 0 Å². The molecule has 0 aromatic carbocycles. The average Bonchev–Trinajstić information content (AvgIpc) is 3.30. The van der Waals surface area contributed by atoms with Gasteiger partial charge in [-0.15, -0.1) is 11.3 Å². The first kappa shape index (κ1) is 17.4. The highest BCUT2D eigenvalue weighted by Gasteiger charge is 2.44. The maximum Gasteiger partial charge on any atom is 0.410 e. The molecule has 2 saturated heterocycles. The highest BCUT2D eigenvalue weighted by Crippen LogP contribution is 2.25. The summed E-state index contributed by atoms with van der Waals surface area (Å²) in [6, 6.07) is 2.37. The van der Waals surface area contributed by atoms with E-state index in [4.69, 9.17) is 9.47 Å². The van der Waals surface area contributed by atoms with Crippen molar-refractivity contribution in [2.45, 2.75) is 24.9 Å². The number of amides is 2. The lowest BCUT2D eigenvalue weighted by Crippen LogP contribution is -2.52. The quantitative estimate of drug-likeness (QED) is 0.447. The summed E-state index contributed by atoms with van der Waals surface area (Å²) in [4.78, 5) is 51.5. The summed E-state index contributed by atoms with van der Waals surface area (Å²) in [5.41, 5.74) is 0. The monoisotopic (exact) mass is 366 g/mol. The Hall–Kier alpha value is -2.42. The minimum Gasteiger partial charge on any atom is -0.467 e. The molecule has 0 spiro atoms. The Kier molecular flexibility index (Phi) is 5.03. The minimum absolute atomic E-state index is 0.0263. The first-order valence-corrected chi connectivity index (χ1v) is 8.81.